The normalized spacial score (nSPS) is 10.6. The highest BCUT2D eigenvalue weighted by Gasteiger charge is 2.10. The van der Waals surface area contributed by atoms with Crippen LogP contribution >= 0.6 is 0 Å². The SMILES string of the molecule is CCN(CC)c1ccc(Nc2nc(C)cc(N(CC)Cc3ccccc3)n2)cc1. The number of aromatic nitrogens is 2. The molecule has 0 saturated carbocycles. The summed E-state index contributed by atoms with van der Waals surface area (Å²) in [6.45, 7) is 12.2. The summed E-state index contributed by atoms with van der Waals surface area (Å²) < 4.78 is 0. The molecule has 0 fully saturated rings. The maximum atomic E-state index is 4.78. The zero-order valence-electron chi connectivity index (χ0n) is 17.9. The van der Waals surface area contributed by atoms with Crippen molar-refractivity contribution in [2.75, 3.05) is 34.8 Å². The minimum Gasteiger partial charge on any atom is -0.372 e. The summed E-state index contributed by atoms with van der Waals surface area (Å²) in [5.41, 5.74) is 4.44. The van der Waals surface area contributed by atoms with E-state index >= 15 is 0 Å². The Morgan fingerprint density at radius 3 is 2.07 bits per heavy atom. The van der Waals surface area contributed by atoms with Crippen LogP contribution in [0.5, 0.6) is 0 Å². The summed E-state index contributed by atoms with van der Waals surface area (Å²) in [7, 11) is 0. The van der Waals surface area contributed by atoms with E-state index in [1.165, 1.54) is 11.3 Å². The lowest BCUT2D eigenvalue weighted by Gasteiger charge is -2.23. The van der Waals surface area contributed by atoms with Crippen molar-refractivity contribution in [3.8, 4) is 0 Å². The van der Waals surface area contributed by atoms with Gasteiger partial charge in [-0.3, -0.25) is 0 Å². The van der Waals surface area contributed by atoms with Gasteiger partial charge in [0.25, 0.3) is 0 Å². The van der Waals surface area contributed by atoms with E-state index in [0.717, 1.165) is 43.4 Å². The lowest BCUT2D eigenvalue weighted by molar-refractivity contribution is 0.809. The molecule has 5 heteroatoms. The first-order valence-electron chi connectivity index (χ1n) is 10.4. The van der Waals surface area contributed by atoms with Crippen molar-refractivity contribution in [1.29, 1.82) is 0 Å². The van der Waals surface area contributed by atoms with Crippen LogP contribution in [0.4, 0.5) is 23.1 Å². The van der Waals surface area contributed by atoms with Gasteiger partial charge >= 0.3 is 0 Å². The number of hydrogen-bond donors (Lipinski definition) is 1. The summed E-state index contributed by atoms with van der Waals surface area (Å²) in [6, 6.07) is 21.0. The maximum absolute atomic E-state index is 4.78. The van der Waals surface area contributed by atoms with Gasteiger partial charge in [0.05, 0.1) is 0 Å². The van der Waals surface area contributed by atoms with Crippen LogP contribution in [0.2, 0.25) is 0 Å². The molecule has 0 bridgehead atoms. The molecule has 3 aromatic rings. The van der Waals surface area contributed by atoms with Gasteiger partial charge in [0.1, 0.15) is 5.82 Å². The molecular formula is C24H31N5. The smallest absolute Gasteiger partial charge is 0.229 e. The fraction of sp³-hybridized carbons (Fsp3) is 0.333. The molecule has 0 saturated heterocycles. The van der Waals surface area contributed by atoms with Crippen LogP contribution in [0.1, 0.15) is 32.0 Å². The second kappa shape index (κ2) is 9.92. The van der Waals surface area contributed by atoms with Crippen LogP contribution in [0, 0.1) is 6.92 Å². The van der Waals surface area contributed by atoms with E-state index in [1.54, 1.807) is 0 Å². The Labute approximate surface area is 174 Å². The number of hydrogen-bond acceptors (Lipinski definition) is 5. The molecule has 5 nitrogen and oxygen atoms in total. The third-order valence-corrected chi connectivity index (χ3v) is 5.01. The van der Waals surface area contributed by atoms with Gasteiger partial charge in [0, 0.05) is 49.3 Å². The Morgan fingerprint density at radius 1 is 0.793 bits per heavy atom. The van der Waals surface area contributed by atoms with Crippen molar-refractivity contribution < 1.29 is 0 Å². The Balaban J connectivity index is 1.77. The fourth-order valence-corrected chi connectivity index (χ4v) is 3.40. The summed E-state index contributed by atoms with van der Waals surface area (Å²) in [6.07, 6.45) is 0. The summed E-state index contributed by atoms with van der Waals surface area (Å²) in [4.78, 5) is 14.0. The van der Waals surface area contributed by atoms with Gasteiger partial charge in [-0.2, -0.15) is 4.98 Å². The van der Waals surface area contributed by atoms with Crippen molar-refractivity contribution >= 4 is 23.1 Å². The monoisotopic (exact) mass is 389 g/mol. The van der Waals surface area contributed by atoms with Gasteiger partial charge in [0.15, 0.2) is 0 Å². The van der Waals surface area contributed by atoms with E-state index < -0.39 is 0 Å². The molecule has 0 aliphatic carbocycles. The van der Waals surface area contributed by atoms with Crippen LogP contribution in [-0.4, -0.2) is 29.6 Å². The molecular weight excluding hydrogens is 358 g/mol. The molecule has 0 aliphatic rings. The molecule has 1 heterocycles. The average molecular weight is 390 g/mol. The summed E-state index contributed by atoms with van der Waals surface area (Å²) in [5, 5.41) is 3.36. The molecule has 0 atom stereocenters. The van der Waals surface area contributed by atoms with Gasteiger partial charge in [0.2, 0.25) is 5.95 Å². The number of anilines is 4. The van der Waals surface area contributed by atoms with Gasteiger partial charge in [-0.1, -0.05) is 30.3 Å². The lowest BCUT2D eigenvalue weighted by atomic mass is 10.2. The third-order valence-electron chi connectivity index (χ3n) is 5.01. The van der Waals surface area contributed by atoms with Crippen LogP contribution in [-0.2, 0) is 6.54 Å². The van der Waals surface area contributed by atoms with Gasteiger partial charge in [-0.15, -0.1) is 0 Å². The Morgan fingerprint density at radius 2 is 1.45 bits per heavy atom. The first-order chi connectivity index (χ1) is 14.1. The highest BCUT2D eigenvalue weighted by Crippen LogP contribution is 2.22. The summed E-state index contributed by atoms with van der Waals surface area (Å²) in [5.74, 6) is 1.56. The van der Waals surface area contributed by atoms with Crippen molar-refractivity contribution in [3.63, 3.8) is 0 Å². The quantitative estimate of drug-likeness (QED) is 0.531. The number of benzene rings is 2. The molecule has 152 valence electrons. The Bertz CT molecular complexity index is 889. The highest BCUT2D eigenvalue weighted by atomic mass is 15.2. The molecule has 1 aromatic heterocycles. The van der Waals surface area contributed by atoms with E-state index in [9.17, 15) is 0 Å². The molecule has 29 heavy (non-hydrogen) atoms. The topological polar surface area (TPSA) is 44.3 Å². The third kappa shape index (κ3) is 5.47. The minimum absolute atomic E-state index is 0.627. The van der Waals surface area contributed by atoms with Crippen molar-refractivity contribution in [3.05, 3.63) is 71.9 Å². The van der Waals surface area contributed by atoms with E-state index in [-0.39, 0.29) is 0 Å². The van der Waals surface area contributed by atoms with Crippen LogP contribution < -0.4 is 15.1 Å². The molecule has 0 unspecified atom stereocenters. The molecule has 2 aromatic carbocycles. The Hall–Kier alpha value is -3.08. The Kier molecular flexibility index (Phi) is 7.06. The second-order valence-electron chi connectivity index (χ2n) is 7.04. The zero-order chi connectivity index (χ0) is 20.6. The van der Waals surface area contributed by atoms with E-state index in [2.05, 4.69) is 89.4 Å². The second-order valence-corrected chi connectivity index (χ2v) is 7.04. The predicted molar refractivity (Wildman–Crippen MR) is 123 cm³/mol. The molecule has 0 amide bonds. The standard InChI is InChI=1S/C24H31N5/c1-5-28(6-2)22-15-13-21(14-16-22)26-24-25-19(4)17-23(27-24)29(7-3)18-20-11-9-8-10-12-20/h8-17H,5-7,18H2,1-4H3,(H,25,26,27). The predicted octanol–water partition coefficient (Wildman–Crippen LogP) is 5.40. The maximum Gasteiger partial charge on any atom is 0.229 e. The summed E-state index contributed by atoms with van der Waals surface area (Å²) >= 11 is 0. The van der Waals surface area contributed by atoms with Crippen LogP contribution in [0.25, 0.3) is 0 Å². The fourth-order valence-electron chi connectivity index (χ4n) is 3.40. The van der Waals surface area contributed by atoms with Gasteiger partial charge in [-0.25, -0.2) is 4.98 Å². The van der Waals surface area contributed by atoms with Crippen molar-refractivity contribution in [2.24, 2.45) is 0 Å². The van der Waals surface area contributed by atoms with Crippen molar-refractivity contribution in [1.82, 2.24) is 9.97 Å². The number of rotatable bonds is 9. The number of nitrogens with one attached hydrogen (secondary N) is 1. The number of aryl methyl sites for hydroxylation is 1. The molecule has 1 N–H and O–H groups in total. The van der Waals surface area contributed by atoms with E-state index in [0.29, 0.717) is 5.95 Å². The molecule has 0 radical (unpaired) electrons. The van der Waals surface area contributed by atoms with Crippen LogP contribution in [0.3, 0.4) is 0 Å². The first kappa shape index (κ1) is 20.6. The average Bonchev–Trinajstić information content (AvgIpc) is 2.74. The zero-order valence-corrected chi connectivity index (χ0v) is 17.9. The molecule has 0 spiro atoms. The molecule has 0 aliphatic heterocycles. The number of nitrogens with zero attached hydrogens (tertiary/aromatic N) is 4. The van der Waals surface area contributed by atoms with Crippen LogP contribution in [0.15, 0.2) is 60.7 Å². The van der Waals surface area contributed by atoms with E-state index in [4.69, 9.17) is 4.98 Å². The van der Waals surface area contributed by atoms with Gasteiger partial charge in [-0.05, 0) is 57.5 Å². The van der Waals surface area contributed by atoms with Crippen molar-refractivity contribution in [2.45, 2.75) is 34.2 Å². The molecule has 3 rings (SSSR count). The minimum atomic E-state index is 0.627. The lowest BCUT2D eigenvalue weighted by Crippen LogP contribution is -2.23. The van der Waals surface area contributed by atoms with Gasteiger partial charge < -0.3 is 15.1 Å². The first-order valence-corrected chi connectivity index (χ1v) is 10.4. The van der Waals surface area contributed by atoms with E-state index in [1.807, 2.05) is 19.1 Å². The highest BCUT2D eigenvalue weighted by molar-refractivity contribution is 5.60. The largest absolute Gasteiger partial charge is 0.372 e.